The number of rotatable bonds is 12. The molecule has 0 radical (unpaired) electrons. The first kappa shape index (κ1) is 29.1. The van der Waals surface area contributed by atoms with Crippen molar-refractivity contribution in [2.75, 3.05) is 13.2 Å². The number of aryl methyl sites for hydroxylation is 1. The smallest absolute Gasteiger partial charge is 0.176 e. The van der Waals surface area contributed by atoms with Gasteiger partial charge in [-0.1, -0.05) is 100 Å². The van der Waals surface area contributed by atoms with Crippen molar-refractivity contribution < 1.29 is 22.6 Å². The Morgan fingerprint density at radius 1 is 0.744 bits per heavy atom. The minimum atomic E-state index is -0.813. The first-order chi connectivity index (χ1) is 19.0. The zero-order valence-electron chi connectivity index (χ0n) is 23.0. The van der Waals surface area contributed by atoms with Crippen molar-refractivity contribution in [2.45, 2.75) is 77.4 Å². The molecule has 1 fully saturated rings. The van der Waals surface area contributed by atoms with Gasteiger partial charge in [-0.25, -0.2) is 13.2 Å². The summed E-state index contributed by atoms with van der Waals surface area (Å²) in [5, 5.41) is 0. The second-order valence-electron chi connectivity index (χ2n) is 10.3. The lowest BCUT2D eigenvalue weighted by molar-refractivity contribution is -0.159. The fraction of sp³-hybridized carbons (Fsp3) is 0.412. The maximum absolute atomic E-state index is 15.0. The highest BCUT2D eigenvalue weighted by molar-refractivity contribution is 5.71. The first-order valence-corrected chi connectivity index (χ1v) is 14.2. The molecule has 208 valence electrons. The number of hydrogen-bond donors (Lipinski definition) is 0. The summed E-state index contributed by atoms with van der Waals surface area (Å²) < 4.78 is 56.1. The maximum atomic E-state index is 15.0. The largest absolute Gasteiger partial charge is 0.348 e. The van der Waals surface area contributed by atoms with Gasteiger partial charge < -0.3 is 9.47 Å². The molecule has 3 aromatic carbocycles. The van der Waals surface area contributed by atoms with Crippen molar-refractivity contribution in [3.63, 3.8) is 0 Å². The van der Waals surface area contributed by atoms with Crippen molar-refractivity contribution in [2.24, 2.45) is 0 Å². The lowest BCUT2D eigenvalue weighted by Crippen LogP contribution is -2.29. The first-order valence-electron chi connectivity index (χ1n) is 14.2. The van der Waals surface area contributed by atoms with Crippen LogP contribution >= 0.6 is 0 Å². The van der Waals surface area contributed by atoms with Crippen LogP contribution in [0.3, 0.4) is 0 Å². The van der Waals surface area contributed by atoms with Crippen LogP contribution in [0.25, 0.3) is 22.3 Å². The normalized spacial score (nSPS) is 17.7. The van der Waals surface area contributed by atoms with Gasteiger partial charge >= 0.3 is 0 Å². The van der Waals surface area contributed by atoms with E-state index < -0.39 is 11.6 Å². The van der Waals surface area contributed by atoms with Crippen LogP contribution in [0.2, 0.25) is 0 Å². The van der Waals surface area contributed by atoms with E-state index in [-0.39, 0.29) is 23.6 Å². The average molecular weight is 537 g/mol. The Bertz CT molecular complexity index is 1230. The highest BCUT2D eigenvalue weighted by Gasteiger charge is 2.24. The van der Waals surface area contributed by atoms with Gasteiger partial charge in [-0.05, 0) is 59.7 Å². The Balaban J connectivity index is 1.38. The maximum Gasteiger partial charge on any atom is 0.176 e. The van der Waals surface area contributed by atoms with E-state index in [1.165, 1.54) is 31.7 Å². The number of allylic oxidation sites excluding steroid dienone is 1. The Morgan fingerprint density at radius 3 is 2.05 bits per heavy atom. The minimum absolute atomic E-state index is 0.172. The molecule has 2 nitrogen and oxygen atoms in total. The van der Waals surface area contributed by atoms with Gasteiger partial charge in [-0.2, -0.15) is 0 Å². The van der Waals surface area contributed by atoms with E-state index in [2.05, 4.69) is 6.92 Å². The molecule has 0 aliphatic carbocycles. The minimum Gasteiger partial charge on any atom is -0.348 e. The van der Waals surface area contributed by atoms with Crippen molar-refractivity contribution >= 4 is 0 Å². The lowest BCUT2D eigenvalue weighted by atomic mass is 9.94. The summed E-state index contributed by atoms with van der Waals surface area (Å²) in [7, 11) is 0. The predicted octanol–water partition coefficient (Wildman–Crippen LogP) is 9.76. The van der Waals surface area contributed by atoms with Gasteiger partial charge in [0, 0.05) is 11.5 Å². The van der Waals surface area contributed by atoms with Crippen LogP contribution in [0.1, 0.15) is 75.8 Å². The van der Waals surface area contributed by atoms with Crippen LogP contribution in [0.4, 0.5) is 13.2 Å². The number of benzene rings is 3. The predicted molar refractivity (Wildman–Crippen MR) is 152 cm³/mol. The molecule has 1 saturated heterocycles. The third-order valence-corrected chi connectivity index (χ3v) is 7.45. The van der Waals surface area contributed by atoms with E-state index in [1.54, 1.807) is 30.3 Å². The monoisotopic (exact) mass is 536 g/mol. The average Bonchev–Trinajstić information content (AvgIpc) is 2.95. The van der Waals surface area contributed by atoms with Crippen LogP contribution in [0, 0.1) is 17.5 Å². The molecule has 1 aliphatic heterocycles. The topological polar surface area (TPSA) is 18.5 Å². The van der Waals surface area contributed by atoms with E-state index >= 15 is 4.39 Å². The van der Waals surface area contributed by atoms with Gasteiger partial charge in [0.2, 0.25) is 0 Å². The van der Waals surface area contributed by atoms with E-state index in [4.69, 9.17) is 9.47 Å². The highest BCUT2D eigenvalue weighted by atomic mass is 19.2. The van der Waals surface area contributed by atoms with Gasteiger partial charge in [0.25, 0.3) is 0 Å². The Labute approximate surface area is 230 Å². The van der Waals surface area contributed by atoms with E-state index in [1.807, 2.05) is 37.3 Å². The van der Waals surface area contributed by atoms with Gasteiger partial charge in [0.1, 0.15) is 5.82 Å². The van der Waals surface area contributed by atoms with Gasteiger partial charge in [0.15, 0.2) is 17.9 Å². The summed E-state index contributed by atoms with van der Waals surface area (Å²) in [6.45, 7) is 4.87. The molecular formula is C34H39F3O2. The number of hydrogen-bond acceptors (Lipinski definition) is 2. The molecule has 39 heavy (non-hydrogen) atoms. The molecule has 0 unspecified atom stereocenters. The van der Waals surface area contributed by atoms with Gasteiger partial charge in [-0.3, -0.25) is 0 Å². The molecule has 1 heterocycles. The van der Waals surface area contributed by atoms with Crippen LogP contribution in [0.5, 0.6) is 0 Å². The van der Waals surface area contributed by atoms with Gasteiger partial charge in [0.05, 0.1) is 13.2 Å². The van der Waals surface area contributed by atoms with E-state index in [9.17, 15) is 8.78 Å². The molecule has 3 aromatic rings. The molecule has 0 aromatic heterocycles. The molecule has 0 bridgehead atoms. The van der Waals surface area contributed by atoms with Crippen LogP contribution in [-0.4, -0.2) is 19.5 Å². The molecule has 0 amide bonds. The highest BCUT2D eigenvalue weighted by Crippen LogP contribution is 2.32. The van der Waals surface area contributed by atoms with E-state index in [0.29, 0.717) is 41.9 Å². The Kier molecular flexibility index (Phi) is 10.8. The molecule has 1 aliphatic rings. The Morgan fingerprint density at radius 2 is 1.38 bits per heavy atom. The summed E-state index contributed by atoms with van der Waals surface area (Å²) in [6, 6.07) is 15.6. The molecule has 0 spiro atoms. The van der Waals surface area contributed by atoms with Crippen molar-refractivity contribution in [1.82, 2.24) is 0 Å². The van der Waals surface area contributed by atoms with Gasteiger partial charge in [-0.15, -0.1) is 0 Å². The summed E-state index contributed by atoms with van der Waals surface area (Å²) in [4.78, 5) is 0. The fourth-order valence-electron chi connectivity index (χ4n) is 5.12. The molecule has 0 saturated carbocycles. The lowest BCUT2D eigenvalue weighted by Gasteiger charge is -2.28. The van der Waals surface area contributed by atoms with E-state index in [0.717, 1.165) is 24.8 Å². The third kappa shape index (κ3) is 7.61. The second kappa shape index (κ2) is 14.5. The number of halogens is 3. The summed E-state index contributed by atoms with van der Waals surface area (Å²) in [5.41, 5.74) is 3.32. The summed E-state index contributed by atoms with van der Waals surface area (Å²) in [5.74, 6) is -2.06. The summed E-state index contributed by atoms with van der Waals surface area (Å²) >= 11 is 0. The quantitative estimate of drug-likeness (QED) is 0.169. The van der Waals surface area contributed by atoms with Crippen LogP contribution in [0.15, 0.2) is 66.7 Å². The van der Waals surface area contributed by atoms with Crippen molar-refractivity contribution in [3.8, 4) is 22.3 Å². The Hall–Kier alpha value is -2.89. The fourth-order valence-corrected chi connectivity index (χ4v) is 5.12. The number of unbranched alkanes of at least 4 members (excludes halogenated alkanes) is 6. The standard InChI is InChI=1S/C34H39F3O2/c1-3-5-6-7-8-9-10-12-26-17-20-30(34(37)33(26)36)25-15-13-24(14-16-25)27-18-19-29(31(35)21-27)28-22-38-32(11-4-2)39-23-28/h4,11,13-21,28,32H,3,5-10,12,22-23H2,1-2H3. The second-order valence-corrected chi connectivity index (χ2v) is 10.3. The zero-order chi connectivity index (χ0) is 27.6. The summed E-state index contributed by atoms with van der Waals surface area (Å²) in [6.07, 6.45) is 11.8. The van der Waals surface area contributed by atoms with Crippen molar-refractivity contribution in [3.05, 3.63) is 95.3 Å². The molecule has 0 atom stereocenters. The van der Waals surface area contributed by atoms with Crippen LogP contribution < -0.4 is 0 Å². The number of ether oxygens (including phenoxy) is 2. The molecule has 0 N–H and O–H groups in total. The molecule has 5 heteroatoms. The SMILES string of the molecule is CC=CC1OCC(c2ccc(-c3ccc(-c4ccc(CCCCCCCCC)c(F)c4F)cc3)cc2F)CO1. The zero-order valence-corrected chi connectivity index (χ0v) is 23.0. The molecule has 4 rings (SSSR count). The van der Waals surface area contributed by atoms with Crippen molar-refractivity contribution in [1.29, 1.82) is 0 Å². The third-order valence-electron chi connectivity index (χ3n) is 7.45. The van der Waals surface area contributed by atoms with Crippen LogP contribution in [-0.2, 0) is 15.9 Å². The molecular weight excluding hydrogens is 497 g/mol.